The highest BCUT2D eigenvalue weighted by atomic mass is 15.2. The fraction of sp³-hybridized carbons (Fsp3) is 1.00. The van der Waals surface area contributed by atoms with Gasteiger partial charge < -0.3 is 5.32 Å². The molecule has 0 amide bonds. The summed E-state index contributed by atoms with van der Waals surface area (Å²) >= 11 is 0. The van der Waals surface area contributed by atoms with Gasteiger partial charge in [0.1, 0.15) is 0 Å². The van der Waals surface area contributed by atoms with E-state index >= 15 is 0 Å². The minimum atomic E-state index is 0.814. The van der Waals surface area contributed by atoms with Crippen molar-refractivity contribution in [2.75, 3.05) is 19.6 Å². The summed E-state index contributed by atoms with van der Waals surface area (Å²) in [5.74, 6) is 2.10. The average molecular weight is 222 g/mol. The van der Waals surface area contributed by atoms with E-state index in [1.165, 1.54) is 58.2 Å². The first kappa shape index (κ1) is 11.0. The Hall–Kier alpha value is -0.0800. The lowest BCUT2D eigenvalue weighted by Crippen LogP contribution is -2.57. The van der Waals surface area contributed by atoms with Crippen LogP contribution >= 0.6 is 0 Å². The summed E-state index contributed by atoms with van der Waals surface area (Å²) in [6, 6.07) is 1.63. The summed E-state index contributed by atoms with van der Waals surface area (Å²) in [5, 5.41) is 3.77. The van der Waals surface area contributed by atoms with Crippen LogP contribution in [0.5, 0.6) is 0 Å². The molecule has 3 fully saturated rings. The van der Waals surface area contributed by atoms with Crippen molar-refractivity contribution < 1.29 is 0 Å². The number of piperazine rings is 1. The van der Waals surface area contributed by atoms with Crippen molar-refractivity contribution in [2.24, 2.45) is 11.8 Å². The van der Waals surface area contributed by atoms with Gasteiger partial charge >= 0.3 is 0 Å². The first-order valence-electron chi connectivity index (χ1n) is 7.34. The Morgan fingerprint density at radius 1 is 1.19 bits per heavy atom. The number of nitrogens with one attached hydrogen (secondary N) is 1. The van der Waals surface area contributed by atoms with Crippen molar-refractivity contribution in [1.29, 1.82) is 0 Å². The molecule has 1 N–H and O–H groups in total. The Morgan fingerprint density at radius 2 is 2.00 bits per heavy atom. The predicted octanol–water partition coefficient (Wildman–Crippen LogP) is 2.25. The maximum Gasteiger partial charge on any atom is 0.0224 e. The molecule has 3 aliphatic rings. The van der Waals surface area contributed by atoms with E-state index in [2.05, 4.69) is 17.1 Å². The molecule has 0 aromatic heterocycles. The molecule has 1 heterocycles. The third-order valence-corrected chi connectivity index (χ3v) is 4.75. The summed E-state index contributed by atoms with van der Waals surface area (Å²) in [6.45, 7) is 6.28. The summed E-state index contributed by atoms with van der Waals surface area (Å²) in [4.78, 5) is 2.79. The molecule has 1 aliphatic heterocycles. The van der Waals surface area contributed by atoms with Gasteiger partial charge in [-0.1, -0.05) is 19.8 Å². The quantitative estimate of drug-likeness (QED) is 0.767. The number of nitrogens with zero attached hydrogens (tertiary/aromatic N) is 1. The van der Waals surface area contributed by atoms with Gasteiger partial charge in [0, 0.05) is 25.2 Å². The molecule has 2 heteroatoms. The molecule has 1 saturated heterocycles. The van der Waals surface area contributed by atoms with Gasteiger partial charge in [-0.2, -0.15) is 0 Å². The molecule has 2 unspecified atom stereocenters. The fourth-order valence-corrected chi connectivity index (χ4v) is 3.13. The molecule has 2 atom stereocenters. The molecule has 0 aromatic rings. The lowest BCUT2D eigenvalue weighted by atomic mass is 10.0. The largest absolute Gasteiger partial charge is 0.311 e. The van der Waals surface area contributed by atoms with Gasteiger partial charge in [-0.05, 0) is 44.1 Å². The Morgan fingerprint density at radius 3 is 2.62 bits per heavy atom. The SMILES string of the molecule is CCC1CNC(C2CC2)CN1CCC1CC1. The van der Waals surface area contributed by atoms with Crippen LogP contribution < -0.4 is 5.32 Å². The predicted molar refractivity (Wildman–Crippen MR) is 67.5 cm³/mol. The van der Waals surface area contributed by atoms with Crippen LogP contribution in [0.3, 0.4) is 0 Å². The highest BCUT2D eigenvalue weighted by molar-refractivity contribution is 4.94. The summed E-state index contributed by atoms with van der Waals surface area (Å²) in [6.07, 6.45) is 8.75. The monoisotopic (exact) mass is 222 g/mol. The lowest BCUT2D eigenvalue weighted by molar-refractivity contribution is 0.116. The molecule has 2 aliphatic carbocycles. The Bertz CT molecular complexity index is 233. The highest BCUT2D eigenvalue weighted by Crippen LogP contribution is 2.36. The number of rotatable bonds is 5. The van der Waals surface area contributed by atoms with Crippen molar-refractivity contribution in [1.82, 2.24) is 10.2 Å². The summed E-state index contributed by atoms with van der Waals surface area (Å²) in [7, 11) is 0. The van der Waals surface area contributed by atoms with E-state index in [0.717, 1.165) is 23.9 Å². The maximum absolute atomic E-state index is 3.77. The van der Waals surface area contributed by atoms with E-state index in [-0.39, 0.29) is 0 Å². The zero-order valence-corrected chi connectivity index (χ0v) is 10.6. The second-order valence-corrected chi connectivity index (χ2v) is 6.14. The van der Waals surface area contributed by atoms with Crippen LogP contribution in [0.1, 0.15) is 45.4 Å². The normalized spacial score (nSPS) is 36.6. The van der Waals surface area contributed by atoms with Gasteiger partial charge in [-0.25, -0.2) is 0 Å². The summed E-state index contributed by atoms with van der Waals surface area (Å²) < 4.78 is 0. The van der Waals surface area contributed by atoms with Crippen LogP contribution in [0.15, 0.2) is 0 Å². The average Bonchev–Trinajstić information content (AvgIpc) is 3.18. The second-order valence-electron chi connectivity index (χ2n) is 6.14. The Balaban J connectivity index is 1.51. The van der Waals surface area contributed by atoms with Gasteiger partial charge in [0.25, 0.3) is 0 Å². The second kappa shape index (κ2) is 4.66. The molecule has 3 rings (SSSR count). The lowest BCUT2D eigenvalue weighted by Gasteiger charge is -2.40. The number of hydrogen-bond donors (Lipinski definition) is 1. The van der Waals surface area contributed by atoms with E-state index in [4.69, 9.17) is 0 Å². The fourth-order valence-electron chi connectivity index (χ4n) is 3.13. The van der Waals surface area contributed by atoms with Crippen LogP contribution in [0, 0.1) is 11.8 Å². The van der Waals surface area contributed by atoms with E-state index in [1.54, 1.807) is 0 Å². The van der Waals surface area contributed by atoms with Gasteiger partial charge in [-0.15, -0.1) is 0 Å². The van der Waals surface area contributed by atoms with Gasteiger partial charge in [0.15, 0.2) is 0 Å². The molecule has 0 spiro atoms. The van der Waals surface area contributed by atoms with Crippen LogP contribution in [0.2, 0.25) is 0 Å². The van der Waals surface area contributed by atoms with Crippen molar-refractivity contribution in [3.8, 4) is 0 Å². The van der Waals surface area contributed by atoms with E-state index in [1.807, 2.05) is 0 Å². The van der Waals surface area contributed by atoms with Crippen molar-refractivity contribution in [3.63, 3.8) is 0 Å². The minimum absolute atomic E-state index is 0.814. The van der Waals surface area contributed by atoms with E-state index in [9.17, 15) is 0 Å². The van der Waals surface area contributed by atoms with Crippen LogP contribution in [0.4, 0.5) is 0 Å². The molecular weight excluding hydrogens is 196 g/mol. The third-order valence-electron chi connectivity index (χ3n) is 4.75. The number of hydrogen-bond acceptors (Lipinski definition) is 2. The van der Waals surface area contributed by atoms with Crippen LogP contribution in [0.25, 0.3) is 0 Å². The zero-order chi connectivity index (χ0) is 11.0. The Kier molecular flexibility index (Phi) is 3.21. The molecule has 2 nitrogen and oxygen atoms in total. The van der Waals surface area contributed by atoms with Crippen LogP contribution in [-0.4, -0.2) is 36.6 Å². The van der Waals surface area contributed by atoms with Crippen molar-refractivity contribution in [3.05, 3.63) is 0 Å². The standard InChI is InChI=1S/C14H26N2/c1-2-13-9-15-14(12-5-6-12)10-16(13)8-7-11-3-4-11/h11-15H,2-10H2,1H3. The van der Waals surface area contributed by atoms with Crippen LogP contribution in [-0.2, 0) is 0 Å². The maximum atomic E-state index is 3.77. The molecule has 16 heavy (non-hydrogen) atoms. The van der Waals surface area contributed by atoms with E-state index in [0.29, 0.717) is 0 Å². The van der Waals surface area contributed by atoms with Gasteiger partial charge in [0.2, 0.25) is 0 Å². The van der Waals surface area contributed by atoms with Crippen molar-refractivity contribution >= 4 is 0 Å². The topological polar surface area (TPSA) is 15.3 Å². The van der Waals surface area contributed by atoms with Gasteiger partial charge in [-0.3, -0.25) is 4.90 Å². The van der Waals surface area contributed by atoms with Crippen molar-refractivity contribution in [2.45, 2.75) is 57.5 Å². The minimum Gasteiger partial charge on any atom is -0.311 e. The molecule has 0 aromatic carbocycles. The Labute approximate surface area is 99.8 Å². The van der Waals surface area contributed by atoms with Gasteiger partial charge in [0.05, 0.1) is 0 Å². The molecule has 92 valence electrons. The molecular formula is C14H26N2. The first-order valence-corrected chi connectivity index (χ1v) is 7.34. The molecule has 0 radical (unpaired) electrons. The third kappa shape index (κ3) is 2.60. The molecule has 2 saturated carbocycles. The summed E-state index contributed by atoms with van der Waals surface area (Å²) in [5.41, 5.74) is 0. The van der Waals surface area contributed by atoms with E-state index < -0.39 is 0 Å². The highest BCUT2D eigenvalue weighted by Gasteiger charge is 2.36. The first-order chi connectivity index (χ1) is 7.86. The smallest absolute Gasteiger partial charge is 0.0224 e. The molecule has 0 bridgehead atoms. The zero-order valence-electron chi connectivity index (χ0n) is 10.6.